The third kappa shape index (κ3) is 51.4. The van der Waals surface area contributed by atoms with Gasteiger partial charge in [-0.15, -0.1) is 0 Å². The number of carbonyl (C=O) groups is 1. The predicted octanol–water partition coefficient (Wildman–Crippen LogP) is 17.0. The number of unbranched alkanes of at least 4 members (excludes halogenated alkanes) is 42. The third-order valence-corrected chi connectivity index (χ3v) is 14.8. The van der Waals surface area contributed by atoms with Crippen molar-refractivity contribution in [3.05, 3.63) is 0 Å². The first-order valence-corrected chi connectivity index (χ1v) is 30.8. The first-order chi connectivity index (χ1) is 32.0. The normalized spacial score (nSPS) is 13.9. The molecule has 0 saturated carbocycles. The van der Waals surface area contributed by atoms with Gasteiger partial charge >= 0.3 is 0 Å². The molecule has 1 amide bonds. The van der Waals surface area contributed by atoms with Crippen LogP contribution in [0.2, 0.25) is 0 Å². The van der Waals surface area contributed by atoms with Crippen molar-refractivity contribution < 1.29 is 32.9 Å². The number of hydrogen-bond donors (Lipinski definition) is 2. The van der Waals surface area contributed by atoms with E-state index >= 15 is 0 Å². The number of nitrogens with zero attached hydrogens (tertiary/aromatic N) is 1. The number of amides is 1. The predicted molar refractivity (Wildman–Crippen MR) is 284 cm³/mol. The second kappa shape index (κ2) is 49.5. The highest BCUT2D eigenvalue weighted by molar-refractivity contribution is 7.45. The molecule has 0 heterocycles. The molecule has 0 fully saturated rings. The number of hydrogen-bond acceptors (Lipinski definition) is 6. The zero-order chi connectivity index (χ0) is 48.5. The molecule has 0 radical (unpaired) electrons. The Morgan fingerprint density at radius 3 is 1.03 bits per heavy atom. The summed E-state index contributed by atoms with van der Waals surface area (Å²) in [4.78, 5) is 25.5. The molecular weight excluding hydrogens is 840 g/mol. The van der Waals surface area contributed by atoms with Crippen LogP contribution in [0.25, 0.3) is 0 Å². The smallest absolute Gasteiger partial charge is 0.268 e. The van der Waals surface area contributed by atoms with Gasteiger partial charge in [-0.1, -0.05) is 290 Å². The minimum Gasteiger partial charge on any atom is -0.756 e. The summed E-state index contributed by atoms with van der Waals surface area (Å²) in [7, 11) is 1.33. The van der Waals surface area contributed by atoms with E-state index in [2.05, 4.69) is 19.2 Å². The summed E-state index contributed by atoms with van der Waals surface area (Å²) in [6, 6.07) is -0.795. The number of carbonyl (C=O) groups excluding carboxylic acids is 1. The molecule has 0 aromatic heterocycles. The lowest BCUT2D eigenvalue weighted by Crippen LogP contribution is -2.46. The number of phosphoric ester groups is 1. The van der Waals surface area contributed by atoms with Crippen molar-refractivity contribution in [3.63, 3.8) is 0 Å². The average molecular weight is 958 g/mol. The van der Waals surface area contributed by atoms with Gasteiger partial charge in [0.2, 0.25) is 5.91 Å². The average Bonchev–Trinajstić information content (AvgIpc) is 3.28. The van der Waals surface area contributed by atoms with E-state index in [0.29, 0.717) is 23.9 Å². The highest BCUT2D eigenvalue weighted by Gasteiger charge is 2.24. The summed E-state index contributed by atoms with van der Waals surface area (Å²) in [5.74, 6) is -0.156. The van der Waals surface area contributed by atoms with Gasteiger partial charge in [0.25, 0.3) is 7.82 Å². The van der Waals surface area contributed by atoms with Crippen molar-refractivity contribution in [2.45, 2.75) is 321 Å². The van der Waals surface area contributed by atoms with Crippen molar-refractivity contribution in [2.24, 2.45) is 0 Å². The molecule has 0 aliphatic carbocycles. The molecule has 66 heavy (non-hydrogen) atoms. The van der Waals surface area contributed by atoms with Crippen molar-refractivity contribution in [1.82, 2.24) is 5.32 Å². The molecular formula is C57H117N2O6P. The summed E-state index contributed by atoms with van der Waals surface area (Å²) in [6.07, 6.45) is 58.5. The fourth-order valence-electron chi connectivity index (χ4n) is 9.22. The maximum absolute atomic E-state index is 13.0. The fourth-order valence-corrected chi connectivity index (χ4v) is 9.94. The molecule has 9 heteroatoms. The van der Waals surface area contributed by atoms with E-state index in [1.807, 2.05) is 21.1 Å². The van der Waals surface area contributed by atoms with E-state index in [9.17, 15) is 19.4 Å². The van der Waals surface area contributed by atoms with Gasteiger partial charge in [-0.3, -0.25) is 9.36 Å². The largest absolute Gasteiger partial charge is 0.756 e. The van der Waals surface area contributed by atoms with Crippen LogP contribution < -0.4 is 10.2 Å². The van der Waals surface area contributed by atoms with Crippen LogP contribution >= 0.6 is 7.82 Å². The van der Waals surface area contributed by atoms with Gasteiger partial charge in [-0.25, -0.2) is 0 Å². The zero-order valence-electron chi connectivity index (χ0n) is 45.2. The molecule has 1 unspecified atom stereocenters. The van der Waals surface area contributed by atoms with Crippen LogP contribution in [-0.2, 0) is 18.4 Å². The van der Waals surface area contributed by atoms with Gasteiger partial charge in [0.15, 0.2) is 0 Å². The van der Waals surface area contributed by atoms with Crippen LogP contribution in [-0.4, -0.2) is 68.5 Å². The van der Waals surface area contributed by atoms with Crippen molar-refractivity contribution in [3.8, 4) is 0 Å². The number of quaternary nitrogens is 1. The monoisotopic (exact) mass is 957 g/mol. The Balaban J connectivity index is 4.06. The lowest BCUT2D eigenvalue weighted by Gasteiger charge is -2.30. The van der Waals surface area contributed by atoms with E-state index < -0.39 is 20.0 Å². The Morgan fingerprint density at radius 2 is 0.742 bits per heavy atom. The van der Waals surface area contributed by atoms with E-state index in [4.69, 9.17) is 9.05 Å². The van der Waals surface area contributed by atoms with Crippen LogP contribution in [0.15, 0.2) is 0 Å². The molecule has 0 saturated heterocycles. The van der Waals surface area contributed by atoms with E-state index in [0.717, 1.165) is 38.5 Å². The van der Waals surface area contributed by atoms with Gasteiger partial charge < -0.3 is 28.8 Å². The summed E-state index contributed by atoms with van der Waals surface area (Å²) < 4.78 is 23.4. The molecule has 0 bridgehead atoms. The number of aliphatic hydroxyl groups is 1. The molecule has 0 aromatic rings. The summed E-state index contributed by atoms with van der Waals surface area (Å²) in [5, 5.41) is 14.0. The van der Waals surface area contributed by atoms with Crippen LogP contribution in [0.4, 0.5) is 0 Å². The topological polar surface area (TPSA) is 108 Å². The maximum atomic E-state index is 13.0. The standard InChI is InChI=1S/C57H117N2O6P/c1-6-8-10-12-14-16-18-20-22-24-25-26-27-28-29-30-31-32-33-35-37-39-41-43-45-47-49-51-57(61)58-55(54-65-66(62,63)64-53-52-59(3,4)5)56(60)50-48-46-44-42-40-38-36-34-23-21-19-17-15-13-11-9-7-2/h55-56,60H,6-54H2,1-5H3,(H-,58,61,62,63)/t55-,56+/m0/s1. The van der Waals surface area contributed by atoms with Gasteiger partial charge in [0, 0.05) is 6.42 Å². The van der Waals surface area contributed by atoms with Crippen LogP contribution in [0.1, 0.15) is 309 Å². The molecule has 0 rings (SSSR count). The minimum atomic E-state index is -4.57. The molecule has 396 valence electrons. The lowest BCUT2D eigenvalue weighted by molar-refractivity contribution is -0.870. The number of rotatable bonds is 55. The summed E-state index contributed by atoms with van der Waals surface area (Å²) >= 11 is 0. The Kier molecular flexibility index (Phi) is 49.1. The Hall–Kier alpha value is -0.500. The van der Waals surface area contributed by atoms with Crippen molar-refractivity contribution in [1.29, 1.82) is 0 Å². The number of nitrogens with one attached hydrogen (secondary N) is 1. The van der Waals surface area contributed by atoms with E-state index in [-0.39, 0.29) is 19.1 Å². The first kappa shape index (κ1) is 65.5. The zero-order valence-corrected chi connectivity index (χ0v) is 46.1. The quantitative estimate of drug-likeness (QED) is 0.0357. The number of phosphoric acid groups is 1. The third-order valence-electron chi connectivity index (χ3n) is 13.8. The van der Waals surface area contributed by atoms with E-state index in [1.54, 1.807) is 0 Å². The van der Waals surface area contributed by atoms with Crippen LogP contribution in [0.3, 0.4) is 0 Å². The SMILES string of the molecule is CCCCCCCCCCCCCCCCCCCCCCCCCCCCCC(=O)N[C@@H](COP(=O)([O-])OCC[N+](C)(C)C)[C@H](O)CCCCCCCCCCCCCCCCCCC. The fraction of sp³-hybridized carbons (Fsp3) is 0.982. The number of aliphatic hydroxyl groups excluding tert-OH is 1. The second-order valence-corrected chi connectivity index (χ2v) is 23.1. The summed E-state index contributed by atoms with van der Waals surface area (Å²) in [5.41, 5.74) is 0. The van der Waals surface area contributed by atoms with Gasteiger partial charge in [0.05, 0.1) is 39.9 Å². The van der Waals surface area contributed by atoms with Crippen molar-refractivity contribution in [2.75, 3.05) is 40.9 Å². The highest BCUT2D eigenvalue weighted by Crippen LogP contribution is 2.38. The van der Waals surface area contributed by atoms with Gasteiger partial charge in [-0.2, -0.15) is 0 Å². The van der Waals surface area contributed by atoms with Gasteiger partial charge in [-0.05, 0) is 12.8 Å². The Bertz CT molecular complexity index is 1040. The lowest BCUT2D eigenvalue weighted by atomic mass is 10.0. The highest BCUT2D eigenvalue weighted by atomic mass is 31.2. The van der Waals surface area contributed by atoms with E-state index in [1.165, 1.54) is 244 Å². The Morgan fingerprint density at radius 1 is 0.470 bits per heavy atom. The molecule has 3 atom stereocenters. The number of likely N-dealkylation sites (N-methyl/N-ethyl adjacent to an activating group) is 1. The van der Waals surface area contributed by atoms with Crippen LogP contribution in [0, 0.1) is 0 Å². The summed E-state index contributed by atoms with van der Waals surface area (Å²) in [6.45, 7) is 4.78. The van der Waals surface area contributed by atoms with Crippen molar-refractivity contribution >= 4 is 13.7 Å². The van der Waals surface area contributed by atoms with Crippen LogP contribution in [0.5, 0.6) is 0 Å². The molecule has 0 aliphatic heterocycles. The second-order valence-electron chi connectivity index (χ2n) is 21.7. The molecule has 0 spiro atoms. The Labute approximate surface area is 412 Å². The minimum absolute atomic E-state index is 0.0166. The molecule has 8 nitrogen and oxygen atoms in total. The molecule has 0 aromatic carbocycles. The maximum Gasteiger partial charge on any atom is 0.268 e. The molecule has 0 aliphatic rings. The molecule has 2 N–H and O–H groups in total. The first-order valence-electron chi connectivity index (χ1n) is 29.4. The van der Waals surface area contributed by atoms with Gasteiger partial charge in [0.1, 0.15) is 13.2 Å².